The Morgan fingerprint density at radius 1 is 1.35 bits per heavy atom. The van der Waals surface area contributed by atoms with Gasteiger partial charge in [-0.1, -0.05) is 12.1 Å². The molecular weight excluding hydrogens is 215 g/mol. The monoisotopic (exact) mass is 236 g/mol. The van der Waals surface area contributed by atoms with Gasteiger partial charge in [0.15, 0.2) is 0 Å². The van der Waals surface area contributed by atoms with E-state index < -0.39 is 0 Å². The second-order valence-corrected chi connectivity index (χ2v) is 4.89. The number of rotatable bonds is 6. The first-order chi connectivity index (χ1) is 8.20. The average molecular weight is 236 g/mol. The van der Waals surface area contributed by atoms with Gasteiger partial charge in [0.1, 0.15) is 5.82 Å². The van der Waals surface area contributed by atoms with Crippen molar-refractivity contribution in [1.29, 1.82) is 0 Å². The van der Waals surface area contributed by atoms with Crippen LogP contribution in [0.2, 0.25) is 0 Å². The second-order valence-electron chi connectivity index (χ2n) is 4.89. The minimum Gasteiger partial charge on any atom is -0.313 e. The maximum atomic E-state index is 12.9. The van der Waals surface area contributed by atoms with Crippen molar-refractivity contribution in [3.8, 4) is 0 Å². The fraction of sp³-hybridized carbons (Fsp3) is 0.571. The summed E-state index contributed by atoms with van der Waals surface area (Å²) in [5.74, 6) is -0.168. The van der Waals surface area contributed by atoms with Crippen LogP contribution in [0.15, 0.2) is 24.3 Å². The molecule has 0 aromatic heterocycles. The molecule has 0 heterocycles. The molecule has 0 bridgehead atoms. The Bertz CT molecular complexity index is 346. The highest BCUT2D eigenvalue weighted by atomic mass is 19.1. The van der Waals surface area contributed by atoms with Crippen LogP contribution in [0.1, 0.15) is 30.9 Å². The van der Waals surface area contributed by atoms with E-state index in [-0.39, 0.29) is 5.82 Å². The van der Waals surface area contributed by atoms with Gasteiger partial charge in [-0.3, -0.25) is 0 Å². The van der Waals surface area contributed by atoms with Crippen molar-refractivity contribution >= 4 is 0 Å². The van der Waals surface area contributed by atoms with Gasteiger partial charge >= 0.3 is 0 Å². The van der Waals surface area contributed by atoms with Crippen LogP contribution in [0.5, 0.6) is 0 Å². The molecule has 1 atom stereocenters. The second kappa shape index (κ2) is 5.61. The van der Waals surface area contributed by atoms with Gasteiger partial charge in [-0.15, -0.1) is 0 Å². The highest BCUT2D eigenvalue weighted by Gasteiger charge is 2.26. The molecule has 1 saturated carbocycles. The minimum atomic E-state index is -0.168. The summed E-state index contributed by atoms with van der Waals surface area (Å²) < 4.78 is 12.9. The van der Waals surface area contributed by atoms with Crippen molar-refractivity contribution in [3.63, 3.8) is 0 Å². The predicted octanol–water partition coefficient (Wildman–Crippen LogP) is 2.57. The van der Waals surface area contributed by atoms with E-state index in [9.17, 15) is 4.39 Å². The summed E-state index contributed by atoms with van der Waals surface area (Å²) in [7, 11) is 4.15. The van der Waals surface area contributed by atoms with Gasteiger partial charge in [0, 0.05) is 12.1 Å². The van der Waals surface area contributed by atoms with Crippen LogP contribution in [0.25, 0.3) is 0 Å². The zero-order chi connectivity index (χ0) is 12.3. The lowest BCUT2D eigenvalue weighted by atomic mass is 10.0. The van der Waals surface area contributed by atoms with Crippen LogP contribution < -0.4 is 5.32 Å². The number of nitrogens with one attached hydrogen (secondary N) is 1. The van der Waals surface area contributed by atoms with E-state index in [1.807, 2.05) is 19.2 Å². The van der Waals surface area contributed by atoms with E-state index in [0.29, 0.717) is 6.04 Å². The maximum Gasteiger partial charge on any atom is 0.123 e. The number of hydrogen-bond donors (Lipinski definition) is 1. The third-order valence-electron chi connectivity index (χ3n) is 3.56. The Morgan fingerprint density at radius 2 is 2.00 bits per heavy atom. The lowest BCUT2D eigenvalue weighted by Gasteiger charge is -2.21. The fourth-order valence-corrected chi connectivity index (χ4v) is 2.20. The van der Waals surface area contributed by atoms with Crippen molar-refractivity contribution in [2.24, 2.45) is 0 Å². The minimum absolute atomic E-state index is 0.168. The molecule has 94 valence electrons. The molecule has 17 heavy (non-hydrogen) atoms. The smallest absolute Gasteiger partial charge is 0.123 e. The largest absolute Gasteiger partial charge is 0.313 e. The first-order valence-corrected chi connectivity index (χ1v) is 6.33. The van der Waals surface area contributed by atoms with E-state index in [0.717, 1.165) is 24.6 Å². The molecule has 3 heteroatoms. The molecule has 1 fully saturated rings. The summed E-state index contributed by atoms with van der Waals surface area (Å²) >= 11 is 0. The van der Waals surface area contributed by atoms with Gasteiger partial charge < -0.3 is 10.2 Å². The third kappa shape index (κ3) is 3.51. The molecule has 2 nitrogen and oxygen atoms in total. The molecule has 1 aromatic rings. The lowest BCUT2D eigenvalue weighted by molar-refractivity contribution is 0.302. The van der Waals surface area contributed by atoms with E-state index in [1.165, 1.54) is 25.0 Å². The number of halogens is 1. The van der Waals surface area contributed by atoms with Gasteiger partial charge in [-0.05, 0) is 57.6 Å². The summed E-state index contributed by atoms with van der Waals surface area (Å²) in [6, 6.07) is 7.92. The Balaban J connectivity index is 1.88. The summed E-state index contributed by atoms with van der Waals surface area (Å²) in [5, 5.41) is 3.30. The standard InChI is InChI=1S/C14H21FN2/c1-16-14(9-10-17(2)13-7-8-13)11-3-5-12(15)6-4-11/h3-6,13-14,16H,7-10H2,1-2H3. The summed E-state index contributed by atoms with van der Waals surface area (Å²) in [4.78, 5) is 2.42. The highest BCUT2D eigenvalue weighted by molar-refractivity contribution is 5.19. The topological polar surface area (TPSA) is 15.3 Å². The molecule has 1 N–H and O–H groups in total. The Labute approximate surface area is 103 Å². The molecule has 0 saturated heterocycles. The molecule has 2 rings (SSSR count). The molecule has 1 aliphatic rings. The van der Waals surface area contributed by atoms with Gasteiger partial charge in [0.25, 0.3) is 0 Å². The maximum absolute atomic E-state index is 12.9. The van der Waals surface area contributed by atoms with Crippen molar-refractivity contribution in [1.82, 2.24) is 10.2 Å². The van der Waals surface area contributed by atoms with Gasteiger partial charge in [0.2, 0.25) is 0 Å². The first-order valence-electron chi connectivity index (χ1n) is 6.33. The van der Waals surface area contributed by atoms with E-state index >= 15 is 0 Å². The van der Waals surface area contributed by atoms with Crippen LogP contribution in [0, 0.1) is 5.82 Å². The number of nitrogens with zero attached hydrogens (tertiary/aromatic N) is 1. The SMILES string of the molecule is CNC(CCN(C)C1CC1)c1ccc(F)cc1. The van der Waals surface area contributed by atoms with Gasteiger partial charge in [-0.25, -0.2) is 4.39 Å². The number of hydrogen-bond acceptors (Lipinski definition) is 2. The summed E-state index contributed by atoms with van der Waals surface area (Å²) in [5.41, 5.74) is 1.16. The van der Waals surface area contributed by atoms with Crippen molar-refractivity contribution in [2.75, 3.05) is 20.6 Å². The molecular formula is C14H21FN2. The predicted molar refractivity (Wildman–Crippen MR) is 68.5 cm³/mol. The fourth-order valence-electron chi connectivity index (χ4n) is 2.20. The van der Waals surface area contributed by atoms with Crippen LogP contribution in [-0.2, 0) is 0 Å². The third-order valence-corrected chi connectivity index (χ3v) is 3.56. The van der Waals surface area contributed by atoms with Crippen LogP contribution in [0.3, 0.4) is 0 Å². The molecule has 0 spiro atoms. The first kappa shape index (κ1) is 12.5. The van der Waals surface area contributed by atoms with Crippen LogP contribution in [0.4, 0.5) is 4.39 Å². The van der Waals surface area contributed by atoms with Crippen LogP contribution >= 0.6 is 0 Å². The average Bonchev–Trinajstić information content (AvgIpc) is 3.16. The van der Waals surface area contributed by atoms with E-state index in [4.69, 9.17) is 0 Å². The molecule has 1 aromatic carbocycles. The van der Waals surface area contributed by atoms with Crippen molar-refractivity contribution in [3.05, 3.63) is 35.6 Å². The normalized spacial score (nSPS) is 17.4. The molecule has 0 amide bonds. The van der Waals surface area contributed by atoms with Gasteiger partial charge in [-0.2, -0.15) is 0 Å². The molecule has 1 aliphatic carbocycles. The summed E-state index contributed by atoms with van der Waals surface area (Å²) in [6.07, 6.45) is 3.75. The van der Waals surface area contributed by atoms with Crippen molar-refractivity contribution in [2.45, 2.75) is 31.3 Å². The van der Waals surface area contributed by atoms with Gasteiger partial charge in [0.05, 0.1) is 0 Å². The summed E-state index contributed by atoms with van der Waals surface area (Å²) in [6.45, 7) is 1.09. The lowest BCUT2D eigenvalue weighted by Crippen LogP contribution is -2.26. The molecule has 0 aliphatic heterocycles. The number of benzene rings is 1. The Morgan fingerprint density at radius 3 is 2.53 bits per heavy atom. The zero-order valence-electron chi connectivity index (χ0n) is 10.6. The van der Waals surface area contributed by atoms with E-state index in [1.54, 1.807) is 0 Å². The van der Waals surface area contributed by atoms with Crippen LogP contribution in [-0.4, -0.2) is 31.6 Å². The molecule has 1 unspecified atom stereocenters. The highest BCUT2D eigenvalue weighted by Crippen LogP contribution is 2.26. The Hall–Kier alpha value is -0.930. The zero-order valence-corrected chi connectivity index (χ0v) is 10.6. The quantitative estimate of drug-likeness (QED) is 0.816. The van der Waals surface area contributed by atoms with Crippen molar-refractivity contribution < 1.29 is 4.39 Å². The van der Waals surface area contributed by atoms with E-state index in [2.05, 4.69) is 17.3 Å². The molecule has 0 radical (unpaired) electrons. The Kier molecular flexibility index (Phi) is 4.13.